The lowest BCUT2D eigenvalue weighted by molar-refractivity contribution is -0.118. The van der Waals surface area contributed by atoms with Crippen LogP contribution in [0.4, 0.5) is 15.2 Å². The van der Waals surface area contributed by atoms with Gasteiger partial charge in [0.2, 0.25) is 16.9 Å². The second-order valence-electron chi connectivity index (χ2n) is 7.10. The number of nitrogens with one attached hydrogen (secondary N) is 1. The minimum Gasteiger partial charge on any atom is -0.325 e. The van der Waals surface area contributed by atoms with Gasteiger partial charge in [0.25, 0.3) is 0 Å². The number of carbonyl (C=O) groups excluding carboxylic acids is 2. The summed E-state index contributed by atoms with van der Waals surface area (Å²) in [6, 6.07) is 15.2. The summed E-state index contributed by atoms with van der Waals surface area (Å²) in [5.74, 6) is -0.581. The van der Waals surface area contributed by atoms with Crippen LogP contribution in [0, 0.1) is 5.82 Å². The minimum absolute atomic E-state index is 0.0314. The van der Waals surface area contributed by atoms with Crippen LogP contribution in [0.2, 0.25) is 0 Å². The van der Waals surface area contributed by atoms with Crippen molar-refractivity contribution in [1.29, 1.82) is 0 Å². The molecule has 1 atom stereocenters. The molecule has 9 heteroatoms. The van der Waals surface area contributed by atoms with Crippen LogP contribution in [0.3, 0.4) is 0 Å². The summed E-state index contributed by atoms with van der Waals surface area (Å²) in [7, 11) is 0. The number of anilines is 2. The van der Waals surface area contributed by atoms with E-state index < -0.39 is 5.25 Å². The summed E-state index contributed by atoms with van der Waals surface area (Å²) in [4.78, 5) is 27.2. The van der Waals surface area contributed by atoms with Crippen LogP contribution in [0.25, 0.3) is 0 Å². The lowest BCUT2D eigenvalue weighted by Crippen LogP contribution is -2.32. The minimum atomic E-state index is -0.580. The summed E-state index contributed by atoms with van der Waals surface area (Å²) in [5, 5.41) is 11.3. The van der Waals surface area contributed by atoms with Crippen LogP contribution in [0.1, 0.15) is 37.0 Å². The predicted octanol–water partition coefficient (Wildman–Crippen LogP) is 5.05. The van der Waals surface area contributed by atoms with Gasteiger partial charge in [0.1, 0.15) is 11.1 Å². The summed E-state index contributed by atoms with van der Waals surface area (Å²) >= 11 is 2.60. The lowest BCUT2D eigenvalue weighted by atomic mass is 10.1. The van der Waals surface area contributed by atoms with Crippen LogP contribution in [-0.2, 0) is 9.59 Å². The first kappa shape index (κ1) is 21.5. The third-order valence-corrected chi connectivity index (χ3v) is 7.02. The van der Waals surface area contributed by atoms with Crippen molar-refractivity contribution in [3.63, 3.8) is 0 Å². The number of halogens is 1. The Kier molecular flexibility index (Phi) is 6.62. The zero-order valence-electron chi connectivity index (χ0n) is 16.8. The fourth-order valence-electron chi connectivity index (χ4n) is 3.06. The molecule has 2 aromatic carbocycles. The number of carbonyl (C=O) groups is 2. The predicted molar refractivity (Wildman–Crippen MR) is 121 cm³/mol. The molecule has 0 bridgehead atoms. The van der Waals surface area contributed by atoms with E-state index in [0.717, 1.165) is 18.4 Å². The summed E-state index contributed by atoms with van der Waals surface area (Å²) in [6.07, 6.45) is 2.35. The molecule has 31 heavy (non-hydrogen) atoms. The van der Waals surface area contributed by atoms with E-state index in [0.29, 0.717) is 21.6 Å². The smallest absolute Gasteiger partial charge is 0.242 e. The van der Waals surface area contributed by atoms with Crippen molar-refractivity contribution in [2.75, 3.05) is 10.2 Å². The zero-order chi connectivity index (χ0) is 21.8. The van der Waals surface area contributed by atoms with Crippen LogP contribution in [0.15, 0.2) is 58.9 Å². The van der Waals surface area contributed by atoms with Gasteiger partial charge in [-0.05, 0) is 42.7 Å². The third kappa shape index (κ3) is 5.29. The molecule has 1 fully saturated rings. The van der Waals surface area contributed by atoms with E-state index >= 15 is 0 Å². The van der Waals surface area contributed by atoms with Crippen molar-refractivity contribution in [2.24, 2.45) is 0 Å². The molecule has 1 aliphatic rings. The van der Waals surface area contributed by atoms with Crippen LogP contribution in [0.5, 0.6) is 0 Å². The fourth-order valence-corrected chi connectivity index (χ4v) is 5.18. The van der Waals surface area contributed by atoms with Crippen molar-refractivity contribution in [3.05, 3.63) is 66.0 Å². The molecule has 1 aliphatic carbocycles. The van der Waals surface area contributed by atoms with Crippen molar-refractivity contribution >= 4 is 45.7 Å². The largest absolute Gasteiger partial charge is 0.325 e. The maximum Gasteiger partial charge on any atom is 0.242 e. The molecule has 2 amide bonds. The third-order valence-electron chi connectivity index (χ3n) is 4.76. The highest BCUT2D eigenvalue weighted by Gasteiger charge is 2.35. The molecule has 1 N–H and O–H groups in total. The molecule has 1 heterocycles. The Hall–Kier alpha value is -2.78. The van der Waals surface area contributed by atoms with E-state index in [2.05, 4.69) is 15.5 Å². The highest BCUT2D eigenvalue weighted by Crippen LogP contribution is 2.41. The lowest BCUT2D eigenvalue weighted by Gasteiger charge is -2.17. The Labute approximate surface area is 187 Å². The average Bonchev–Trinajstić information content (AvgIpc) is 3.51. The molecular weight excluding hydrogens is 435 g/mol. The first-order valence-electron chi connectivity index (χ1n) is 9.98. The molecule has 0 radical (unpaired) electrons. The van der Waals surface area contributed by atoms with E-state index in [-0.39, 0.29) is 23.7 Å². The summed E-state index contributed by atoms with van der Waals surface area (Å²) in [5.41, 5.74) is 1.33. The van der Waals surface area contributed by atoms with Crippen molar-refractivity contribution < 1.29 is 14.0 Å². The van der Waals surface area contributed by atoms with E-state index in [1.807, 2.05) is 37.3 Å². The van der Waals surface area contributed by atoms with E-state index in [1.54, 1.807) is 4.90 Å². The van der Waals surface area contributed by atoms with Gasteiger partial charge in [-0.15, -0.1) is 10.2 Å². The molecule has 4 rings (SSSR count). The number of hydrogen-bond donors (Lipinski definition) is 1. The van der Waals surface area contributed by atoms with Gasteiger partial charge in [-0.2, -0.15) is 0 Å². The van der Waals surface area contributed by atoms with E-state index in [1.165, 1.54) is 47.4 Å². The standard InChI is InChI=1S/C22H21FN4O2S2/c1-2-18(28)27(17-12-13-17)21-25-26-22(31-21)30-19(14-6-4-3-5-7-14)20(29)24-16-10-8-15(23)9-11-16/h3-11,17,19H,2,12-13H2,1H3,(H,24,29). The van der Waals surface area contributed by atoms with Gasteiger partial charge in [-0.3, -0.25) is 14.5 Å². The molecule has 160 valence electrons. The second kappa shape index (κ2) is 9.57. The number of rotatable bonds is 8. The average molecular weight is 457 g/mol. The molecule has 3 aromatic rings. The van der Waals surface area contributed by atoms with E-state index in [9.17, 15) is 14.0 Å². The highest BCUT2D eigenvalue weighted by molar-refractivity contribution is 8.02. The number of nitrogens with zero attached hydrogens (tertiary/aromatic N) is 3. The number of aromatic nitrogens is 2. The van der Waals surface area contributed by atoms with Gasteiger partial charge in [0.05, 0.1) is 0 Å². The summed E-state index contributed by atoms with van der Waals surface area (Å²) < 4.78 is 13.8. The van der Waals surface area contributed by atoms with Gasteiger partial charge in [-0.1, -0.05) is 60.4 Å². The van der Waals surface area contributed by atoms with Crippen LogP contribution in [-0.4, -0.2) is 28.1 Å². The van der Waals surface area contributed by atoms with E-state index in [4.69, 9.17) is 0 Å². The number of hydrogen-bond acceptors (Lipinski definition) is 6. The Morgan fingerprint density at radius 2 is 1.87 bits per heavy atom. The molecule has 0 aliphatic heterocycles. The van der Waals surface area contributed by atoms with Crippen LogP contribution >= 0.6 is 23.1 Å². The Bertz CT molecular complexity index is 1050. The van der Waals surface area contributed by atoms with Gasteiger partial charge >= 0.3 is 0 Å². The Morgan fingerprint density at radius 1 is 1.16 bits per heavy atom. The quantitative estimate of drug-likeness (QED) is 0.379. The Morgan fingerprint density at radius 3 is 2.52 bits per heavy atom. The summed E-state index contributed by atoms with van der Waals surface area (Å²) in [6.45, 7) is 1.83. The van der Waals surface area contributed by atoms with Crippen molar-refractivity contribution in [3.8, 4) is 0 Å². The van der Waals surface area contributed by atoms with Gasteiger partial charge in [0.15, 0.2) is 4.34 Å². The molecule has 6 nitrogen and oxygen atoms in total. The molecule has 1 unspecified atom stereocenters. The normalized spacial score (nSPS) is 14.1. The van der Waals surface area contributed by atoms with Gasteiger partial charge in [0, 0.05) is 18.2 Å². The highest BCUT2D eigenvalue weighted by atomic mass is 32.2. The van der Waals surface area contributed by atoms with Crippen LogP contribution < -0.4 is 10.2 Å². The van der Waals surface area contributed by atoms with Gasteiger partial charge < -0.3 is 5.32 Å². The molecule has 1 aromatic heterocycles. The molecule has 0 spiro atoms. The fraction of sp³-hybridized carbons (Fsp3) is 0.273. The first-order valence-corrected chi connectivity index (χ1v) is 11.7. The number of benzene rings is 2. The maximum atomic E-state index is 13.2. The number of amides is 2. The topological polar surface area (TPSA) is 75.2 Å². The monoisotopic (exact) mass is 456 g/mol. The molecule has 0 saturated heterocycles. The molecule has 1 saturated carbocycles. The first-order chi connectivity index (χ1) is 15.0. The SMILES string of the molecule is CCC(=O)N(c1nnc(SC(C(=O)Nc2ccc(F)cc2)c2ccccc2)s1)C1CC1. The van der Waals surface area contributed by atoms with Crippen molar-refractivity contribution in [2.45, 2.75) is 41.8 Å². The maximum absolute atomic E-state index is 13.2. The second-order valence-corrected chi connectivity index (χ2v) is 9.41. The number of thioether (sulfide) groups is 1. The zero-order valence-corrected chi connectivity index (χ0v) is 18.5. The Balaban J connectivity index is 1.55. The van der Waals surface area contributed by atoms with Crippen molar-refractivity contribution in [1.82, 2.24) is 10.2 Å². The molecular formula is C22H21FN4O2S2. The van der Waals surface area contributed by atoms with Gasteiger partial charge in [-0.25, -0.2) is 4.39 Å².